The molecule has 1 fully saturated rings. The summed E-state index contributed by atoms with van der Waals surface area (Å²) in [5.74, 6) is -4.75. The highest BCUT2D eigenvalue weighted by atomic mass is 16.7. The van der Waals surface area contributed by atoms with E-state index in [1.807, 2.05) is 44.2 Å². The molecule has 4 unspecified atom stereocenters. The third-order valence-electron chi connectivity index (χ3n) is 5.84. The van der Waals surface area contributed by atoms with Crippen LogP contribution in [0.3, 0.4) is 0 Å². The van der Waals surface area contributed by atoms with Crippen LogP contribution in [0.25, 0.3) is 11.3 Å². The Morgan fingerprint density at radius 2 is 1.76 bits per heavy atom. The van der Waals surface area contributed by atoms with Crippen molar-refractivity contribution in [2.24, 2.45) is 11.7 Å². The number of carboxylic acid groups (broad SMARTS) is 1. The van der Waals surface area contributed by atoms with Gasteiger partial charge in [0.2, 0.25) is 5.91 Å². The van der Waals surface area contributed by atoms with Crippen LogP contribution < -0.4 is 16.4 Å². The topological polar surface area (TPSA) is 190 Å². The van der Waals surface area contributed by atoms with Crippen molar-refractivity contribution in [1.82, 2.24) is 15.6 Å². The Kier molecular flexibility index (Phi) is 9.56. The summed E-state index contributed by atoms with van der Waals surface area (Å²) in [7, 11) is -1.31. The maximum atomic E-state index is 13.2. The van der Waals surface area contributed by atoms with Gasteiger partial charge in [0.05, 0.1) is 17.7 Å². The number of carbonyl (C=O) groups excluding carboxylic acids is 3. The van der Waals surface area contributed by atoms with E-state index in [1.165, 1.54) is 13.0 Å². The van der Waals surface area contributed by atoms with Crippen LogP contribution in [-0.2, 0) is 23.7 Å². The lowest BCUT2D eigenvalue weighted by Crippen LogP contribution is -2.58. The van der Waals surface area contributed by atoms with Crippen LogP contribution in [0.2, 0.25) is 0 Å². The maximum absolute atomic E-state index is 13.2. The Balaban J connectivity index is 1.74. The van der Waals surface area contributed by atoms with E-state index in [-0.39, 0.29) is 18.0 Å². The largest absolute Gasteiger partial charge is 0.552 e. The summed E-state index contributed by atoms with van der Waals surface area (Å²) in [5, 5.41) is 24.6. The first-order valence-electron chi connectivity index (χ1n) is 12.1. The number of nitrogens with zero attached hydrogens (tertiary/aromatic N) is 1. The summed E-state index contributed by atoms with van der Waals surface area (Å²) >= 11 is 0. The van der Waals surface area contributed by atoms with Crippen LogP contribution in [0.5, 0.6) is 0 Å². The summed E-state index contributed by atoms with van der Waals surface area (Å²) < 4.78 is 10.6. The van der Waals surface area contributed by atoms with Crippen LogP contribution in [0.4, 0.5) is 0 Å². The van der Waals surface area contributed by atoms with Crippen molar-refractivity contribution >= 4 is 30.9 Å². The lowest BCUT2D eigenvalue weighted by Gasteiger charge is -2.26. The number of carboxylic acids is 1. The highest BCUT2D eigenvalue weighted by Crippen LogP contribution is 2.20. The molecule has 38 heavy (non-hydrogen) atoms. The van der Waals surface area contributed by atoms with E-state index in [9.17, 15) is 24.3 Å². The predicted molar refractivity (Wildman–Crippen MR) is 136 cm³/mol. The molecule has 3 rings (SSSR count). The molecule has 0 bridgehead atoms. The van der Waals surface area contributed by atoms with Crippen molar-refractivity contribution in [3.8, 4) is 11.3 Å². The van der Waals surface area contributed by atoms with E-state index in [4.69, 9.17) is 20.1 Å². The fourth-order valence-electron chi connectivity index (χ4n) is 3.92. The number of aromatic nitrogens is 1. The first-order chi connectivity index (χ1) is 18.0. The smallest absolute Gasteiger partial charge is 0.506 e. The number of aliphatic carboxylic acids is 1. The van der Waals surface area contributed by atoms with Crippen molar-refractivity contribution in [3.05, 3.63) is 54.2 Å². The minimum atomic E-state index is -1.65. The SMILES string of the molecule is CC(C)CC(NC(=O)C(NC(=O)c1cccc(-c2ccccc2)n1)C(C)O)B1OC(=O)[C@@H](C(N)C(=O)O)O1. The third kappa shape index (κ3) is 7.15. The second kappa shape index (κ2) is 12.6. The summed E-state index contributed by atoms with van der Waals surface area (Å²) in [6.07, 6.45) is -2.56. The van der Waals surface area contributed by atoms with Gasteiger partial charge in [0.1, 0.15) is 17.8 Å². The number of amides is 2. The van der Waals surface area contributed by atoms with Crippen LogP contribution >= 0.6 is 0 Å². The number of hydrogen-bond acceptors (Lipinski definition) is 9. The van der Waals surface area contributed by atoms with Gasteiger partial charge in [-0.2, -0.15) is 0 Å². The number of benzene rings is 1. The molecule has 2 aromatic rings. The van der Waals surface area contributed by atoms with E-state index in [1.54, 1.807) is 12.1 Å². The van der Waals surface area contributed by atoms with Gasteiger partial charge in [-0.3, -0.25) is 19.2 Å². The van der Waals surface area contributed by atoms with E-state index in [0.29, 0.717) is 5.69 Å². The standard InChI is InChI=1S/C25H31BN4O8/c1-13(2)12-18(26-37-21(25(36)38-26)19(27)24(34)35)29-23(33)20(14(3)31)30-22(32)17-11-7-10-16(28-17)15-8-5-4-6-9-15/h4-11,13-14,18-21,31H,12,27H2,1-3H3,(H,29,33)(H,30,32)(H,34,35)/t14?,18?,19?,20?,21-/m1/s1. The van der Waals surface area contributed by atoms with Gasteiger partial charge in [0, 0.05) is 5.56 Å². The van der Waals surface area contributed by atoms with Gasteiger partial charge in [-0.15, -0.1) is 0 Å². The van der Waals surface area contributed by atoms with Crippen LogP contribution in [0.15, 0.2) is 48.5 Å². The number of carbonyl (C=O) groups is 4. The molecule has 13 heteroatoms. The quantitative estimate of drug-likeness (QED) is 0.252. The first kappa shape index (κ1) is 28.8. The zero-order valence-electron chi connectivity index (χ0n) is 21.2. The van der Waals surface area contributed by atoms with Gasteiger partial charge >= 0.3 is 19.1 Å². The molecule has 0 saturated carbocycles. The van der Waals surface area contributed by atoms with Gasteiger partial charge in [0.25, 0.3) is 5.91 Å². The molecule has 12 nitrogen and oxygen atoms in total. The number of aliphatic hydroxyl groups is 1. The number of nitrogens with one attached hydrogen (secondary N) is 2. The second-order valence-electron chi connectivity index (χ2n) is 9.44. The van der Waals surface area contributed by atoms with Gasteiger partial charge in [-0.1, -0.05) is 50.2 Å². The molecule has 0 spiro atoms. The summed E-state index contributed by atoms with van der Waals surface area (Å²) in [6, 6.07) is 11.1. The molecule has 1 saturated heterocycles. The minimum Gasteiger partial charge on any atom is -0.506 e. The molecule has 1 aliphatic rings. The molecular formula is C25H31BN4O8. The Morgan fingerprint density at radius 1 is 1.08 bits per heavy atom. The molecule has 6 N–H and O–H groups in total. The normalized spacial score (nSPS) is 18.3. The molecular weight excluding hydrogens is 495 g/mol. The lowest BCUT2D eigenvalue weighted by molar-refractivity contribution is -0.146. The molecule has 5 atom stereocenters. The van der Waals surface area contributed by atoms with E-state index in [2.05, 4.69) is 15.6 Å². The van der Waals surface area contributed by atoms with Crippen molar-refractivity contribution in [2.45, 2.75) is 57.4 Å². The van der Waals surface area contributed by atoms with Crippen LogP contribution in [-0.4, -0.2) is 76.3 Å². The average molecular weight is 526 g/mol. The second-order valence-corrected chi connectivity index (χ2v) is 9.44. The lowest BCUT2D eigenvalue weighted by atomic mass is 9.74. The van der Waals surface area contributed by atoms with E-state index < -0.39 is 61.1 Å². The molecule has 2 amide bonds. The van der Waals surface area contributed by atoms with E-state index >= 15 is 0 Å². The van der Waals surface area contributed by atoms with Crippen molar-refractivity contribution in [1.29, 1.82) is 0 Å². The Hall–Kier alpha value is -3.81. The zero-order chi connectivity index (χ0) is 28.0. The van der Waals surface area contributed by atoms with Crippen LogP contribution in [0, 0.1) is 5.92 Å². The first-order valence-corrected chi connectivity index (χ1v) is 12.1. The molecule has 1 aliphatic heterocycles. The zero-order valence-corrected chi connectivity index (χ0v) is 21.2. The molecule has 0 radical (unpaired) electrons. The summed E-state index contributed by atoms with van der Waals surface area (Å²) in [6.45, 7) is 5.05. The Bertz CT molecular complexity index is 1160. The fraction of sp³-hybridized carbons (Fsp3) is 0.400. The third-order valence-corrected chi connectivity index (χ3v) is 5.84. The van der Waals surface area contributed by atoms with Crippen molar-refractivity contribution in [3.63, 3.8) is 0 Å². The average Bonchev–Trinajstić information content (AvgIpc) is 3.27. The van der Waals surface area contributed by atoms with Gasteiger partial charge in [-0.05, 0) is 31.4 Å². The number of aliphatic hydroxyl groups excluding tert-OH is 1. The maximum Gasteiger partial charge on any atom is 0.552 e. The summed E-state index contributed by atoms with van der Waals surface area (Å²) in [4.78, 5) is 53.9. The Morgan fingerprint density at radius 3 is 2.37 bits per heavy atom. The predicted octanol–water partition coefficient (Wildman–Crippen LogP) is 0.140. The highest BCUT2D eigenvalue weighted by molar-refractivity contribution is 6.51. The molecule has 202 valence electrons. The number of hydrogen-bond donors (Lipinski definition) is 5. The highest BCUT2D eigenvalue weighted by Gasteiger charge is 2.50. The van der Waals surface area contributed by atoms with Gasteiger partial charge < -0.3 is 35.9 Å². The molecule has 2 heterocycles. The monoisotopic (exact) mass is 526 g/mol. The van der Waals surface area contributed by atoms with Gasteiger partial charge in [-0.25, -0.2) is 4.98 Å². The fourth-order valence-corrected chi connectivity index (χ4v) is 3.92. The Labute approximate surface area is 220 Å². The number of rotatable bonds is 11. The van der Waals surface area contributed by atoms with Crippen LogP contribution in [0.1, 0.15) is 37.7 Å². The molecule has 1 aromatic heterocycles. The van der Waals surface area contributed by atoms with Crippen molar-refractivity contribution in [2.75, 3.05) is 0 Å². The number of pyridine rings is 1. The molecule has 0 aliphatic carbocycles. The molecule has 1 aromatic carbocycles. The van der Waals surface area contributed by atoms with Crippen molar-refractivity contribution < 1.29 is 38.7 Å². The number of nitrogens with two attached hydrogens (primary N) is 1. The minimum absolute atomic E-state index is 0.000633. The summed E-state index contributed by atoms with van der Waals surface area (Å²) in [5.41, 5.74) is 6.93. The van der Waals surface area contributed by atoms with E-state index in [0.717, 1.165) is 5.56 Å². The van der Waals surface area contributed by atoms with Gasteiger partial charge in [0.15, 0.2) is 6.10 Å².